The zero-order chi connectivity index (χ0) is 17.5. The molecule has 0 saturated heterocycles. The maximum Gasteiger partial charge on any atom is 0.178 e. The molecule has 2 nitrogen and oxygen atoms in total. The molecule has 0 radical (unpaired) electrons. The third-order valence-electron chi connectivity index (χ3n) is 4.04. The normalized spacial score (nSPS) is 14.5. The highest BCUT2D eigenvalue weighted by Crippen LogP contribution is 2.37. The second kappa shape index (κ2) is 5.98. The fraction of sp³-hybridized carbons (Fsp3) is 0.158. The topological polar surface area (TPSA) is 34.1 Å². The summed E-state index contributed by atoms with van der Waals surface area (Å²) >= 11 is 0. The van der Waals surface area contributed by atoms with Crippen molar-refractivity contribution >= 4 is 21.0 Å². The van der Waals surface area contributed by atoms with Crippen molar-refractivity contribution in [2.75, 3.05) is 6.26 Å². The van der Waals surface area contributed by atoms with Gasteiger partial charge in [0.1, 0.15) is 16.5 Å². The largest absolute Gasteiger partial charge is 0.224 e. The summed E-state index contributed by atoms with van der Waals surface area (Å²) in [6.45, 7) is 1.97. The van der Waals surface area contributed by atoms with Crippen molar-refractivity contribution in [3.8, 4) is 0 Å². The summed E-state index contributed by atoms with van der Waals surface area (Å²) in [7, 11) is -3.81. The maximum atomic E-state index is 14.5. The van der Waals surface area contributed by atoms with Crippen LogP contribution in [0.1, 0.15) is 23.1 Å². The molecule has 0 fully saturated rings. The van der Waals surface area contributed by atoms with Gasteiger partial charge in [-0.15, -0.1) is 0 Å². The second-order valence-electron chi connectivity index (χ2n) is 5.90. The van der Waals surface area contributed by atoms with E-state index in [1.807, 2.05) is 43.3 Å². The van der Waals surface area contributed by atoms with Gasteiger partial charge in [0.2, 0.25) is 0 Å². The summed E-state index contributed by atoms with van der Waals surface area (Å²) in [4.78, 5) is -0.618. The number of hydrogen-bond donors (Lipinski definition) is 0. The fourth-order valence-electron chi connectivity index (χ4n) is 2.81. The van der Waals surface area contributed by atoms with Gasteiger partial charge in [0.25, 0.3) is 0 Å². The zero-order valence-electron chi connectivity index (χ0n) is 13.3. The average Bonchev–Trinajstić information content (AvgIpc) is 2.98. The standard InChI is InChI=1S/C19H16F2O2S/c1-12-6-8-13(9-7-12)14-4-3-5-15(14)16-10-18(21)19(11-17(16)20)24(2,22)23/h3-4,6-11H,5H2,1-2H3. The Hall–Kier alpha value is -2.27. The van der Waals surface area contributed by atoms with Gasteiger partial charge in [0, 0.05) is 11.8 Å². The van der Waals surface area contributed by atoms with Crippen LogP contribution in [-0.2, 0) is 9.84 Å². The van der Waals surface area contributed by atoms with E-state index in [2.05, 4.69) is 0 Å². The number of hydrogen-bond acceptors (Lipinski definition) is 2. The number of benzene rings is 2. The lowest BCUT2D eigenvalue weighted by Gasteiger charge is -2.11. The second-order valence-corrected chi connectivity index (χ2v) is 7.88. The van der Waals surface area contributed by atoms with E-state index in [0.29, 0.717) is 12.0 Å². The van der Waals surface area contributed by atoms with Crippen molar-refractivity contribution in [1.82, 2.24) is 0 Å². The van der Waals surface area contributed by atoms with Gasteiger partial charge in [-0.05, 0) is 42.2 Å². The van der Waals surface area contributed by atoms with E-state index < -0.39 is 26.4 Å². The van der Waals surface area contributed by atoms with E-state index in [1.165, 1.54) is 0 Å². The Bertz CT molecular complexity index is 969. The number of allylic oxidation sites excluding steroid dienone is 4. The first-order valence-corrected chi connectivity index (χ1v) is 9.32. The van der Waals surface area contributed by atoms with E-state index in [4.69, 9.17) is 0 Å². The molecule has 0 saturated carbocycles. The minimum Gasteiger partial charge on any atom is -0.224 e. The molecule has 0 unspecified atom stereocenters. The molecule has 124 valence electrons. The number of halogens is 2. The predicted octanol–water partition coefficient (Wildman–Crippen LogP) is 4.55. The van der Waals surface area contributed by atoms with E-state index in [1.54, 1.807) is 0 Å². The van der Waals surface area contributed by atoms with Crippen LogP contribution in [0.3, 0.4) is 0 Å². The van der Waals surface area contributed by atoms with Gasteiger partial charge in [0.15, 0.2) is 9.84 Å². The third kappa shape index (κ3) is 3.04. The molecule has 1 aliphatic carbocycles. The molecule has 0 N–H and O–H groups in total. The quantitative estimate of drug-likeness (QED) is 0.817. The number of rotatable bonds is 3. The SMILES string of the molecule is Cc1ccc(C2=C(c3cc(F)c(S(C)(=O)=O)cc3F)CC=C2)cc1. The molecule has 24 heavy (non-hydrogen) atoms. The Morgan fingerprint density at radius 3 is 2.29 bits per heavy atom. The van der Waals surface area contributed by atoms with Crippen LogP contribution in [0, 0.1) is 18.6 Å². The summed E-state index contributed by atoms with van der Waals surface area (Å²) in [5.74, 6) is -1.67. The van der Waals surface area contributed by atoms with E-state index in [-0.39, 0.29) is 5.56 Å². The molecule has 0 aromatic heterocycles. The highest BCUT2D eigenvalue weighted by atomic mass is 32.2. The van der Waals surface area contributed by atoms with Crippen molar-refractivity contribution in [1.29, 1.82) is 0 Å². The van der Waals surface area contributed by atoms with Crippen LogP contribution in [-0.4, -0.2) is 14.7 Å². The van der Waals surface area contributed by atoms with Gasteiger partial charge in [-0.3, -0.25) is 0 Å². The summed E-state index contributed by atoms with van der Waals surface area (Å²) in [6, 6.07) is 9.50. The van der Waals surface area contributed by atoms with Gasteiger partial charge in [-0.25, -0.2) is 17.2 Å². The minimum atomic E-state index is -3.81. The minimum absolute atomic E-state index is 0.0977. The molecule has 0 atom stereocenters. The lowest BCUT2D eigenvalue weighted by atomic mass is 9.96. The third-order valence-corrected chi connectivity index (χ3v) is 5.15. The highest BCUT2D eigenvalue weighted by Gasteiger charge is 2.22. The molecule has 0 spiro atoms. The molecule has 0 bridgehead atoms. The van der Waals surface area contributed by atoms with Gasteiger partial charge in [-0.2, -0.15) is 0 Å². The van der Waals surface area contributed by atoms with E-state index in [0.717, 1.165) is 35.1 Å². The summed E-state index contributed by atoms with van der Waals surface area (Å²) in [5, 5.41) is 0. The number of aryl methyl sites for hydroxylation is 1. The Balaban J connectivity index is 2.16. The molecular formula is C19H16F2O2S. The summed E-state index contributed by atoms with van der Waals surface area (Å²) < 4.78 is 51.7. The maximum absolute atomic E-state index is 14.5. The Kier molecular flexibility index (Phi) is 4.13. The smallest absolute Gasteiger partial charge is 0.178 e. The van der Waals surface area contributed by atoms with E-state index >= 15 is 0 Å². The molecule has 0 amide bonds. The van der Waals surface area contributed by atoms with Crippen LogP contribution in [0.2, 0.25) is 0 Å². The zero-order valence-corrected chi connectivity index (χ0v) is 14.1. The van der Waals surface area contributed by atoms with Crippen LogP contribution in [0.25, 0.3) is 11.1 Å². The first kappa shape index (κ1) is 16.6. The van der Waals surface area contributed by atoms with Crippen molar-refractivity contribution in [2.24, 2.45) is 0 Å². The summed E-state index contributed by atoms with van der Waals surface area (Å²) in [5.41, 5.74) is 3.59. The van der Waals surface area contributed by atoms with Gasteiger partial charge < -0.3 is 0 Å². The fourth-order valence-corrected chi connectivity index (χ4v) is 3.54. The average molecular weight is 346 g/mol. The molecular weight excluding hydrogens is 330 g/mol. The monoisotopic (exact) mass is 346 g/mol. The van der Waals surface area contributed by atoms with Crippen LogP contribution in [0.5, 0.6) is 0 Å². The van der Waals surface area contributed by atoms with Crippen LogP contribution in [0.4, 0.5) is 8.78 Å². The highest BCUT2D eigenvalue weighted by molar-refractivity contribution is 7.90. The molecule has 2 aromatic rings. The lowest BCUT2D eigenvalue weighted by molar-refractivity contribution is 0.554. The summed E-state index contributed by atoms with van der Waals surface area (Å²) in [6.07, 6.45) is 5.09. The predicted molar refractivity (Wildman–Crippen MR) is 91.2 cm³/mol. The van der Waals surface area contributed by atoms with E-state index in [9.17, 15) is 17.2 Å². The molecule has 3 rings (SSSR count). The van der Waals surface area contributed by atoms with Crippen molar-refractivity contribution < 1.29 is 17.2 Å². The number of sulfone groups is 1. The molecule has 2 aromatic carbocycles. The molecule has 1 aliphatic rings. The lowest BCUT2D eigenvalue weighted by Crippen LogP contribution is -2.04. The van der Waals surface area contributed by atoms with Crippen molar-refractivity contribution in [3.05, 3.63) is 76.9 Å². The van der Waals surface area contributed by atoms with Gasteiger partial charge >= 0.3 is 0 Å². The van der Waals surface area contributed by atoms with Gasteiger partial charge in [0.05, 0.1) is 0 Å². The Labute approximate surface area is 140 Å². The Morgan fingerprint density at radius 2 is 1.67 bits per heavy atom. The van der Waals surface area contributed by atoms with Crippen molar-refractivity contribution in [2.45, 2.75) is 18.2 Å². The van der Waals surface area contributed by atoms with Crippen LogP contribution < -0.4 is 0 Å². The first-order chi connectivity index (χ1) is 11.3. The molecule has 0 aliphatic heterocycles. The van der Waals surface area contributed by atoms with Gasteiger partial charge in [-0.1, -0.05) is 42.0 Å². The Morgan fingerprint density at radius 1 is 1.00 bits per heavy atom. The van der Waals surface area contributed by atoms with Crippen LogP contribution >= 0.6 is 0 Å². The molecule has 0 heterocycles. The van der Waals surface area contributed by atoms with Crippen molar-refractivity contribution in [3.63, 3.8) is 0 Å². The molecule has 5 heteroatoms. The van der Waals surface area contributed by atoms with Crippen LogP contribution in [0.15, 0.2) is 53.4 Å². The first-order valence-electron chi connectivity index (χ1n) is 7.43.